The number of aromatic nitrogens is 15. The molecule has 5 aromatic carbocycles. The number of nitrogens with two attached hydrogens (primary N) is 2. The number of hydrogen-bond acceptors (Lipinski definition) is 31. The summed E-state index contributed by atoms with van der Waals surface area (Å²) in [6, 6.07) is 61.9. The Morgan fingerprint density at radius 3 is 1.04 bits per heavy atom. The molecule has 8 aromatic heterocycles. The van der Waals surface area contributed by atoms with Crippen molar-refractivity contribution < 1.29 is 53.7 Å². The van der Waals surface area contributed by atoms with Gasteiger partial charge in [0.15, 0.2) is 51.0 Å². The maximum Gasteiger partial charge on any atom is 0.307 e. The van der Waals surface area contributed by atoms with Crippen LogP contribution in [0.2, 0.25) is 10.3 Å². The Kier molecular flexibility index (Phi) is 40.9. The maximum atomic E-state index is 12.4. The number of halogens is 2. The van der Waals surface area contributed by atoms with Gasteiger partial charge in [-0.2, -0.15) is 0 Å². The fraction of sp³-hybridized carbons (Fsp3) is 0.323. The van der Waals surface area contributed by atoms with Crippen molar-refractivity contribution >= 4 is 145 Å². The van der Waals surface area contributed by atoms with E-state index in [1.54, 1.807) is 54.7 Å². The molecule has 724 valence electrons. The maximum absolute atomic E-state index is 12.4. The second-order valence-electron chi connectivity index (χ2n) is 33.5. The van der Waals surface area contributed by atoms with Crippen LogP contribution in [0.4, 0.5) is 51.7 Å². The number of anilines is 9. The first kappa shape index (κ1) is 105. The van der Waals surface area contributed by atoms with E-state index in [0.717, 1.165) is 166 Å². The van der Waals surface area contributed by atoms with Crippen molar-refractivity contribution in [3.63, 3.8) is 0 Å². The predicted molar refractivity (Wildman–Crippen MR) is 536 cm³/mol. The third-order valence-electron chi connectivity index (χ3n) is 22.1. The van der Waals surface area contributed by atoms with Crippen LogP contribution in [0.25, 0.3) is 0 Å². The first-order chi connectivity index (χ1) is 67.0. The number of nitrogens with one attached hydrogen (secondary N) is 5. The van der Waals surface area contributed by atoms with E-state index in [2.05, 4.69) is 113 Å². The summed E-state index contributed by atoms with van der Waals surface area (Å²) in [6.07, 6.45) is 10.2. The number of rotatable bonds is 25. The smallest absolute Gasteiger partial charge is 0.307 e. The van der Waals surface area contributed by atoms with Crippen molar-refractivity contribution in [3.8, 4) is 0 Å². The minimum atomic E-state index is -0.782. The average Bonchev–Trinajstić information content (AvgIpc) is 1.08. The largest absolute Gasteiger partial charge is 0.481 e. The number of pyridine rings is 1. The first-order valence-electron chi connectivity index (χ1n) is 45.2. The van der Waals surface area contributed by atoms with Crippen molar-refractivity contribution in [2.45, 2.75) is 143 Å². The molecule has 4 aliphatic heterocycles. The molecule has 12 heterocycles. The molecule has 4 fully saturated rings. The van der Waals surface area contributed by atoms with Gasteiger partial charge in [-0.1, -0.05) is 190 Å². The van der Waals surface area contributed by atoms with Crippen LogP contribution in [-0.2, 0) is 83.3 Å². The Morgan fingerprint density at radius 1 is 0.367 bits per heavy atom. The Hall–Kier alpha value is -14.7. The number of ketones is 1. The van der Waals surface area contributed by atoms with E-state index >= 15 is 0 Å². The molecule has 4 aliphatic rings. The molecule has 0 atom stereocenters. The summed E-state index contributed by atoms with van der Waals surface area (Å²) in [5.41, 5.74) is 22.0. The average molecular weight is 1960 g/mol. The summed E-state index contributed by atoms with van der Waals surface area (Å²) in [4.78, 5) is 103. The van der Waals surface area contributed by atoms with Gasteiger partial charge in [0.25, 0.3) is 0 Å². The third kappa shape index (κ3) is 37.0. The van der Waals surface area contributed by atoms with Crippen LogP contribution in [-0.4, -0.2) is 191 Å². The van der Waals surface area contributed by atoms with Crippen LogP contribution in [0.5, 0.6) is 0 Å². The van der Waals surface area contributed by atoms with Crippen molar-refractivity contribution in [1.82, 2.24) is 81.7 Å². The van der Waals surface area contributed by atoms with E-state index in [1.807, 2.05) is 191 Å². The van der Waals surface area contributed by atoms with Crippen LogP contribution >= 0.6 is 45.9 Å². The van der Waals surface area contributed by atoms with Crippen molar-refractivity contribution in [2.24, 2.45) is 11.8 Å². The zero-order valence-electron chi connectivity index (χ0n) is 77.6. The Morgan fingerprint density at radius 2 is 0.727 bits per heavy atom. The summed E-state index contributed by atoms with van der Waals surface area (Å²) >= 11 is 14.0. The summed E-state index contributed by atoms with van der Waals surface area (Å²) < 4.78 is 0. The molecule has 0 aliphatic carbocycles. The lowest BCUT2D eigenvalue weighted by atomic mass is 9.97. The van der Waals surface area contributed by atoms with E-state index in [4.69, 9.17) is 50.0 Å². The molecule has 4 amide bonds. The van der Waals surface area contributed by atoms with E-state index < -0.39 is 17.9 Å². The number of amides is 4. The molecule has 12 N–H and O–H groups in total. The van der Waals surface area contributed by atoms with E-state index in [9.17, 15) is 38.4 Å². The molecular weight excluding hydrogens is 1850 g/mol. The number of aliphatic carboxylic acids is 3. The molecule has 139 heavy (non-hydrogen) atoms. The van der Waals surface area contributed by atoms with Gasteiger partial charge in [0.1, 0.15) is 26.6 Å². The van der Waals surface area contributed by atoms with Gasteiger partial charge in [-0.15, -0.1) is 82.7 Å². The summed E-state index contributed by atoms with van der Waals surface area (Å²) in [5.74, 6) is 2.20. The lowest BCUT2D eigenvalue weighted by Crippen LogP contribution is -2.36. The van der Waals surface area contributed by atoms with Crippen molar-refractivity contribution in [1.29, 1.82) is 0 Å². The molecule has 4 saturated heterocycles. The van der Waals surface area contributed by atoms with Crippen LogP contribution in [0.3, 0.4) is 0 Å². The molecule has 0 saturated carbocycles. The summed E-state index contributed by atoms with van der Waals surface area (Å²) in [5, 5.41) is 100. The van der Waals surface area contributed by atoms with Crippen LogP contribution < -0.4 is 52.8 Å². The summed E-state index contributed by atoms with van der Waals surface area (Å²) in [6.45, 7) is 16.4. The number of carboxylic acids is 3. The highest BCUT2D eigenvalue weighted by Crippen LogP contribution is 2.35. The van der Waals surface area contributed by atoms with Gasteiger partial charge in [-0.3, -0.25) is 43.3 Å². The number of nitrogen functional groups attached to an aromatic ring is 2. The molecular formula is C99H111Cl2N25O11S2. The molecule has 0 radical (unpaired) electrons. The first-order valence-corrected chi connectivity index (χ1v) is 47.6. The standard InChI is InChI=1S/C28H29N7O2S.C20H23N7OS.C19H22N4O3.C13H12ClN3O.C9H10O2.C6H11NO2.C4H4ClN3/c1-19-5-4-6-20(15-19)16-26(37)30-24-8-9-25(32-31-24)35-13-10-21(11-14-35)28-34-33-27(38-28)18-23(36)17-22-7-2-3-12-29-22;1-13-3-2-4-14(11-13)12-18(28)22-16-5-6-17(24-23-16)27-9-7-15(8-10-27)19-25-26-20(21)29-19;1-13-3-2-4-14(11-13)12-18(24)20-16-5-6-17(22-21-16)23-9-7-15(8-10-23)19(25)26;1-9-3-2-4-10(7-9)8-13(18)15-12-6-5-11(14)16-17-12;1-7-3-2-4-8(5-7)6-9(10)11;8-6(9)5-1-3-7-4-2-5;5-3-1-2-4(6)8-7-3/h2-9,12,15,21H,10-11,13-14,16-18H2,1H3,(H,30,31,37);2-6,11,15H,7-10,12H2,1H3,(H2,21,26)(H,22,23,28);2-6,11,15H,7-10,12H2,1H3,(H,25,26)(H,20,21,24);2-7H,8H2,1H3,(H,15,17,18);2-5H,6H2,1H3,(H,10,11);5,7H,1-4H2,(H,8,9);1-2H,(H2,6,8). The van der Waals surface area contributed by atoms with Gasteiger partial charge >= 0.3 is 17.9 Å². The number of carbonyl (C=O) groups is 8. The molecule has 0 bridgehead atoms. The fourth-order valence-electron chi connectivity index (χ4n) is 15.2. The molecule has 0 spiro atoms. The topological polar surface area (TPSA) is 513 Å². The van der Waals surface area contributed by atoms with Gasteiger partial charge < -0.3 is 68.1 Å². The molecule has 13 aromatic rings. The van der Waals surface area contributed by atoms with Gasteiger partial charge in [0.2, 0.25) is 28.8 Å². The van der Waals surface area contributed by atoms with E-state index in [0.29, 0.717) is 114 Å². The lowest BCUT2D eigenvalue weighted by Gasteiger charge is -2.31. The Balaban J connectivity index is 0.000000165. The number of aryl methyl sites for hydroxylation is 5. The van der Waals surface area contributed by atoms with E-state index in [-0.39, 0.29) is 60.5 Å². The van der Waals surface area contributed by atoms with Gasteiger partial charge in [0, 0.05) is 69.4 Å². The Labute approximate surface area is 822 Å². The number of benzene rings is 5. The van der Waals surface area contributed by atoms with Crippen molar-refractivity contribution in [3.05, 3.63) is 293 Å². The monoisotopic (exact) mass is 1960 g/mol. The van der Waals surface area contributed by atoms with Crippen LogP contribution in [0, 0.1) is 46.5 Å². The van der Waals surface area contributed by atoms with Gasteiger partial charge in [-0.05, 0) is 200 Å². The number of Topliss-reactive ketones (excluding diaryl/α,β-unsaturated/α-hetero) is 1. The molecule has 40 heteroatoms. The van der Waals surface area contributed by atoms with Crippen LogP contribution in [0.1, 0.15) is 140 Å². The minimum absolute atomic E-state index is 0.0914. The fourth-order valence-corrected chi connectivity index (χ4v) is 17.2. The highest BCUT2D eigenvalue weighted by Gasteiger charge is 2.29. The predicted octanol–water partition coefficient (Wildman–Crippen LogP) is 14.0. The quantitative estimate of drug-likeness (QED) is 0.0254. The number of hydrogen-bond donors (Lipinski definition) is 10. The number of nitrogens with zero attached hydrogens (tertiary/aromatic N) is 18. The molecule has 17 rings (SSSR count). The SMILES string of the molecule is Cc1cccc(CC(=O)Nc2ccc(Cl)nn2)c1.Cc1cccc(CC(=O)Nc2ccc(N3CCC(C(=O)O)CC3)nn2)c1.Cc1cccc(CC(=O)Nc2ccc(N3CCC(c4nnc(CC(=O)Cc5ccccn5)s4)CC3)nn2)c1.Cc1cccc(CC(=O)Nc2ccc(N3CCC(c4nnc(N)s4)CC3)nn2)c1.Cc1cccc(CC(=O)O)c1.Nc1ccc(Cl)nn1.O=C(O)C1CCNCC1. The molecule has 36 nitrogen and oxygen atoms in total. The van der Waals surface area contributed by atoms with Gasteiger partial charge in [0.05, 0.1) is 50.4 Å². The second-order valence-corrected chi connectivity index (χ2v) is 36.4. The minimum Gasteiger partial charge on any atom is -0.481 e. The normalized spacial score (nSPS) is 13.6. The summed E-state index contributed by atoms with van der Waals surface area (Å²) in [7, 11) is 0. The highest BCUT2D eigenvalue weighted by molar-refractivity contribution is 7.15. The second kappa shape index (κ2) is 54.3. The van der Waals surface area contributed by atoms with Crippen LogP contribution in [0.15, 0.2) is 206 Å². The highest BCUT2D eigenvalue weighted by atomic mass is 35.5. The Bertz CT molecular complexity index is 6130. The zero-order chi connectivity index (χ0) is 99.0. The zero-order valence-corrected chi connectivity index (χ0v) is 80.7. The van der Waals surface area contributed by atoms with Gasteiger partial charge in [-0.25, -0.2) is 0 Å². The lowest BCUT2D eigenvalue weighted by molar-refractivity contribution is -0.143. The number of carbonyl (C=O) groups excluding carboxylic acids is 5. The number of piperidine rings is 4. The third-order valence-corrected chi connectivity index (χ3v) is 24.5. The van der Waals surface area contributed by atoms with E-state index in [1.165, 1.54) is 22.7 Å². The number of carboxylic acid groups (broad SMARTS) is 3. The molecule has 0 unspecified atom stereocenters. The van der Waals surface area contributed by atoms with Crippen molar-refractivity contribution in [2.75, 3.05) is 99.8 Å².